The Morgan fingerprint density at radius 1 is 1.35 bits per heavy atom. The number of amides is 1. The lowest BCUT2D eigenvalue weighted by molar-refractivity contribution is 0.0296. The SMILES string of the molecule is O=C(c1cc(COc2ccc(F)cc2Cl)on1)N1CCOCC1. The third-order valence-electron chi connectivity index (χ3n) is 3.34. The first-order valence-electron chi connectivity index (χ1n) is 7.04. The van der Waals surface area contributed by atoms with Crippen LogP contribution in [0, 0.1) is 5.82 Å². The van der Waals surface area contributed by atoms with Crippen molar-refractivity contribution in [3.05, 3.63) is 46.6 Å². The number of hydrogen-bond acceptors (Lipinski definition) is 5. The van der Waals surface area contributed by atoms with Crippen LogP contribution < -0.4 is 4.74 Å². The molecule has 122 valence electrons. The zero-order valence-corrected chi connectivity index (χ0v) is 12.9. The number of rotatable bonds is 4. The molecule has 0 aliphatic carbocycles. The molecule has 0 saturated carbocycles. The zero-order valence-electron chi connectivity index (χ0n) is 12.1. The summed E-state index contributed by atoms with van der Waals surface area (Å²) in [6, 6.07) is 5.35. The molecule has 6 nitrogen and oxygen atoms in total. The quantitative estimate of drug-likeness (QED) is 0.855. The average molecular weight is 341 g/mol. The number of nitrogens with zero attached hydrogens (tertiary/aromatic N) is 2. The first-order chi connectivity index (χ1) is 11.1. The second kappa shape index (κ2) is 6.97. The molecule has 1 saturated heterocycles. The highest BCUT2D eigenvalue weighted by molar-refractivity contribution is 6.32. The molecule has 1 amide bonds. The minimum atomic E-state index is -0.444. The molecular formula is C15H14ClFN2O4. The van der Waals surface area contributed by atoms with E-state index in [9.17, 15) is 9.18 Å². The lowest BCUT2D eigenvalue weighted by Crippen LogP contribution is -2.40. The minimum absolute atomic E-state index is 0.0365. The summed E-state index contributed by atoms with van der Waals surface area (Å²) in [5, 5.41) is 3.92. The number of carbonyl (C=O) groups is 1. The van der Waals surface area contributed by atoms with Crippen molar-refractivity contribution >= 4 is 17.5 Å². The normalized spacial score (nSPS) is 14.8. The Balaban J connectivity index is 1.61. The maximum Gasteiger partial charge on any atom is 0.276 e. The van der Waals surface area contributed by atoms with Crippen molar-refractivity contribution in [2.75, 3.05) is 26.3 Å². The van der Waals surface area contributed by atoms with Gasteiger partial charge in [-0.25, -0.2) is 4.39 Å². The third kappa shape index (κ3) is 3.80. The fraction of sp³-hybridized carbons (Fsp3) is 0.333. The number of ether oxygens (including phenoxy) is 2. The van der Waals surface area contributed by atoms with Crippen molar-refractivity contribution in [3.63, 3.8) is 0 Å². The second-order valence-corrected chi connectivity index (χ2v) is 5.35. The van der Waals surface area contributed by atoms with E-state index in [1.165, 1.54) is 18.2 Å². The van der Waals surface area contributed by atoms with Gasteiger partial charge in [-0.05, 0) is 18.2 Å². The summed E-state index contributed by atoms with van der Waals surface area (Å²) >= 11 is 5.87. The molecule has 8 heteroatoms. The first kappa shape index (κ1) is 15.8. The lowest BCUT2D eigenvalue weighted by Gasteiger charge is -2.25. The molecule has 0 radical (unpaired) electrons. The minimum Gasteiger partial charge on any atom is -0.484 e. The van der Waals surface area contributed by atoms with Crippen molar-refractivity contribution in [1.29, 1.82) is 0 Å². The van der Waals surface area contributed by atoms with E-state index in [-0.39, 0.29) is 23.2 Å². The highest BCUT2D eigenvalue weighted by Gasteiger charge is 2.22. The topological polar surface area (TPSA) is 64.8 Å². The molecule has 1 aliphatic heterocycles. The van der Waals surface area contributed by atoms with Crippen LogP contribution in [0.15, 0.2) is 28.8 Å². The van der Waals surface area contributed by atoms with Crippen LogP contribution in [0.4, 0.5) is 4.39 Å². The number of benzene rings is 1. The Morgan fingerprint density at radius 3 is 2.87 bits per heavy atom. The molecule has 1 aromatic carbocycles. The van der Waals surface area contributed by atoms with Gasteiger partial charge in [-0.3, -0.25) is 4.79 Å². The molecule has 23 heavy (non-hydrogen) atoms. The predicted molar refractivity (Wildman–Crippen MR) is 79.0 cm³/mol. The molecule has 2 aromatic rings. The van der Waals surface area contributed by atoms with Gasteiger partial charge in [0, 0.05) is 19.2 Å². The summed E-state index contributed by atoms with van der Waals surface area (Å²) in [4.78, 5) is 13.9. The van der Waals surface area contributed by atoms with Gasteiger partial charge in [0.2, 0.25) is 0 Å². The smallest absolute Gasteiger partial charge is 0.276 e. The molecule has 0 atom stereocenters. The van der Waals surface area contributed by atoms with Crippen LogP contribution in [0.3, 0.4) is 0 Å². The van der Waals surface area contributed by atoms with Gasteiger partial charge >= 0.3 is 0 Å². The Morgan fingerprint density at radius 2 is 2.13 bits per heavy atom. The van der Waals surface area contributed by atoms with Crippen LogP contribution in [-0.4, -0.2) is 42.3 Å². The lowest BCUT2D eigenvalue weighted by atomic mass is 10.3. The third-order valence-corrected chi connectivity index (χ3v) is 3.64. The summed E-state index contributed by atoms with van der Waals surface area (Å²) < 4.78 is 28.7. The maximum absolute atomic E-state index is 13.0. The number of aromatic nitrogens is 1. The number of hydrogen-bond donors (Lipinski definition) is 0. The van der Waals surface area contributed by atoms with Crippen molar-refractivity contribution in [2.24, 2.45) is 0 Å². The molecule has 1 fully saturated rings. The standard InChI is InChI=1S/C15H14ClFN2O4/c16-12-7-10(17)1-2-14(12)22-9-11-8-13(18-23-11)15(20)19-3-5-21-6-4-19/h1-2,7-8H,3-6,9H2. The predicted octanol–water partition coefficient (Wildman–Crippen LogP) is 2.52. The Labute approximate surface area is 136 Å². The van der Waals surface area contributed by atoms with Crippen LogP contribution >= 0.6 is 11.6 Å². The molecule has 1 aromatic heterocycles. The van der Waals surface area contributed by atoms with Gasteiger partial charge in [0.05, 0.1) is 18.2 Å². The van der Waals surface area contributed by atoms with E-state index >= 15 is 0 Å². The van der Waals surface area contributed by atoms with Crippen molar-refractivity contribution in [2.45, 2.75) is 6.61 Å². The van der Waals surface area contributed by atoms with E-state index in [2.05, 4.69) is 5.16 Å². The van der Waals surface area contributed by atoms with E-state index in [0.717, 1.165) is 6.07 Å². The highest BCUT2D eigenvalue weighted by Crippen LogP contribution is 2.25. The molecule has 0 N–H and O–H groups in total. The average Bonchev–Trinajstić information content (AvgIpc) is 3.03. The molecule has 3 rings (SSSR count). The first-order valence-corrected chi connectivity index (χ1v) is 7.42. The molecule has 2 heterocycles. The summed E-state index contributed by atoms with van der Waals surface area (Å²) in [5.41, 5.74) is 0.218. The fourth-order valence-electron chi connectivity index (χ4n) is 2.15. The molecule has 1 aliphatic rings. The van der Waals surface area contributed by atoms with E-state index in [4.69, 9.17) is 25.6 Å². The van der Waals surface area contributed by atoms with Crippen LogP contribution in [0.5, 0.6) is 5.75 Å². The van der Waals surface area contributed by atoms with E-state index in [1.807, 2.05) is 0 Å². The molecular weight excluding hydrogens is 327 g/mol. The number of morpholine rings is 1. The van der Waals surface area contributed by atoms with Gasteiger partial charge < -0.3 is 18.9 Å². The van der Waals surface area contributed by atoms with Gasteiger partial charge in [0.25, 0.3) is 5.91 Å². The van der Waals surface area contributed by atoms with Crippen molar-refractivity contribution in [3.8, 4) is 5.75 Å². The van der Waals surface area contributed by atoms with Gasteiger partial charge in [-0.1, -0.05) is 16.8 Å². The van der Waals surface area contributed by atoms with Crippen molar-refractivity contribution in [1.82, 2.24) is 10.1 Å². The van der Waals surface area contributed by atoms with Crippen molar-refractivity contribution < 1.29 is 23.2 Å². The van der Waals surface area contributed by atoms with Crippen LogP contribution in [-0.2, 0) is 11.3 Å². The highest BCUT2D eigenvalue weighted by atomic mass is 35.5. The zero-order chi connectivity index (χ0) is 16.2. The summed E-state index contributed by atoms with van der Waals surface area (Å²) in [7, 11) is 0. The van der Waals surface area contributed by atoms with Crippen LogP contribution in [0.2, 0.25) is 5.02 Å². The maximum atomic E-state index is 13.0. The van der Waals surface area contributed by atoms with Crippen LogP contribution in [0.1, 0.15) is 16.2 Å². The van der Waals surface area contributed by atoms with Gasteiger partial charge in [-0.15, -0.1) is 0 Å². The Hall–Kier alpha value is -2.12. The summed E-state index contributed by atoms with van der Waals surface area (Å²) in [6.07, 6.45) is 0. The molecule has 0 unspecified atom stereocenters. The van der Waals surface area contributed by atoms with E-state index in [0.29, 0.717) is 37.8 Å². The second-order valence-electron chi connectivity index (χ2n) is 4.95. The largest absolute Gasteiger partial charge is 0.484 e. The van der Waals surface area contributed by atoms with E-state index in [1.54, 1.807) is 4.90 Å². The fourth-order valence-corrected chi connectivity index (χ4v) is 2.37. The number of halogens is 2. The monoisotopic (exact) mass is 340 g/mol. The Bertz CT molecular complexity index is 701. The summed E-state index contributed by atoms with van der Waals surface area (Å²) in [6.45, 7) is 2.13. The number of carbonyl (C=O) groups excluding carboxylic acids is 1. The molecule has 0 bridgehead atoms. The Kier molecular flexibility index (Phi) is 4.78. The van der Waals surface area contributed by atoms with Gasteiger partial charge in [0.1, 0.15) is 18.2 Å². The van der Waals surface area contributed by atoms with Crippen LogP contribution in [0.25, 0.3) is 0 Å². The van der Waals surface area contributed by atoms with Gasteiger partial charge in [0.15, 0.2) is 11.5 Å². The molecule has 0 spiro atoms. The summed E-state index contributed by atoms with van der Waals surface area (Å²) in [5.74, 6) is 0.0519. The van der Waals surface area contributed by atoms with Gasteiger partial charge in [-0.2, -0.15) is 0 Å². The van der Waals surface area contributed by atoms with E-state index < -0.39 is 5.82 Å².